The zero-order chi connectivity index (χ0) is 18.8. The van der Waals surface area contributed by atoms with Crippen molar-refractivity contribution in [2.24, 2.45) is 5.92 Å². The minimum absolute atomic E-state index is 0.0570. The van der Waals surface area contributed by atoms with Crippen molar-refractivity contribution in [2.45, 2.75) is 47.0 Å². The van der Waals surface area contributed by atoms with E-state index in [1.807, 2.05) is 32.9 Å². The molecular weight excluding hydrogens is 334 g/mol. The van der Waals surface area contributed by atoms with Gasteiger partial charge in [0.2, 0.25) is 5.91 Å². The minimum atomic E-state index is -0.191. The van der Waals surface area contributed by atoms with Gasteiger partial charge in [0.05, 0.1) is 11.2 Å². The molecule has 2 N–H and O–H groups in total. The van der Waals surface area contributed by atoms with Gasteiger partial charge in [0.15, 0.2) is 0 Å². The summed E-state index contributed by atoms with van der Waals surface area (Å²) in [6, 6.07) is 5.48. The molecule has 0 spiro atoms. The fourth-order valence-electron chi connectivity index (χ4n) is 2.03. The summed E-state index contributed by atoms with van der Waals surface area (Å²) in [6.45, 7) is 11.8. The lowest BCUT2D eigenvalue weighted by molar-refractivity contribution is -0.118. The monoisotopic (exact) mass is 359 g/mol. The Hall–Kier alpha value is -2.21. The molecule has 0 bridgehead atoms. The van der Waals surface area contributed by atoms with Gasteiger partial charge in [-0.1, -0.05) is 40.7 Å². The summed E-state index contributed by atoms with van der Waals surface area (Å²) in [5.74, 6) is -0.353. The van der Waals surface area contributed by atoms with E-state index in [2.05, 4.69) is 36.4 Å². The number of nitrogens with zero attached hydrogens (tertiary/aromatic N) is 1. The molecule has 0 aliphatic rings. The molecule has 134 valence electrons. The number of nitrogens with one attached hydrogen (secondary N) is 2. The molecule has 0 atom stereocenters. The molecule has 0 fully saturated rings. The van der Waals surface area contributed by atoms with Gasteiger partial charge in [-0.3, -0.25) is 9.59 Å². The van der Waals surface area contributed by atoms with E-state index in [1.165, 1.54) is 11.3 Å². The molecule has 0 unspecified atom stereocenters. The zero-order valence-corrected chi connectivity index (χ0v) is 16.4. The third-order valence-corrected chi connectivity index (χ3v) is 5.07. The van der Waals surface area contributed by atoms with Crippen molar-refractivity contribution in [3.8, 4) is 0 Å². The maximum absolute atomic E-state index is 12.5. The molecule has 25 heavy (non-hydrogen) atoms. The van der Waals surface area contributed by atoms with Crippen LogP contribution in [0.1, 0.15) is 54.9 Å². The van der Waals surface area contributed by atoms with E-state index < -0.39 is 0 Å². The number of aryl methyl sites for hydroxylation is 1. The van der Waals surface area contributed by atoms with Gasteiger partial charge in [-0.2, -0.15) is 0 Å². The molecule has 5 nitrogen and oxygen atoms in total. The summed E-state index contributed by atoms with van der Waals surface area (Å²) >= 11 is 1.40. The molecule has 2 aromatic rings. The second-order valence-corrected chi connectivity index (χ2v) is 8.44. The fraction of sp³-hybridized carbons (Fsp3) is 0.421. The molecule has 0 aliphatic heterocycles. The second-order valence-electron chi connectivity index (χ2n) is 7.41. The van der Waals surface area contributed by atoms with E-state index in [0.717, 1.165) is 10.6 Å². The summed E-state index contributed by atoms with van der Waals surface area (Å²) < 4.78 is 0. The zero-order valence-electron chi connectivity index (χ0n) is 15.6. The average molecular weight is 359 g/mol. The van der Waals surface area contributed by atoms with Crippen molar-refractivity contribution in [2.75, 3.05) is 10.6 Å². The Morgan fingerprint density at radius 2 is 1.84 bits per heavy atom. The number of benzene rings is 1. The molecule has 0 aliphatic carbocycles. The Morgan fingerprint density at radius 3 is 2.40 bits per heavy atom. The van der Waals surface area contributed by atoms with Crippen LogP contribution in [0.4, 0.5) is 11.4 Å². The third kappa shape index (κ3) is 4.89. The molecule has 0 saturated heterocycles. The molecule has 1 aromatic heterocycles. The summed E-state index contributed by atoms with van der Waals surface area (Å²) in [6.07, 6.45) is 1.61. The predicted octanol–water partition coefficient (Wildman–Crippen LogP) is 4.60. The van der Waals surface area contributed by atoms with Crippen LogP contribution in [0.3, 0.4) is 0 Å². The number of thiazole rings is 1. The molecule has 2 rings (SSSR count). The Labute approximate surface area is 152 Å². The van der Waals surface area contributed by atoms with Gasteiger partial charge in [-0.05, 0) is 24.6 Å². The lowest BCUT2D eigenvalue weighted by Crippen LogP contribution is -2.18. The second kappa shape index (κ2) is 7.35. The number of carbonyl (C=O) groups excluding carboxylic acids is 2. The number of hydrogen-bond donors (Lipinski definition) is 2. The quantitative estimate of drug-likeness (QED) is 0.838. The van der Waals surface area contributed by atoms with Crippen LogP contribution in [-0.2, 0) is 10.2 Å². The maximum Gasteiger partial charge on any atom is 0.267 e. The van der Waals surface area contributed by atoms with Crippen LogP contribution in [0.15, 0.2) is 24.4 Å². The van der Waals surface area contributed by atoms with E-state index in [0.29, 0.717) is 16.3 Å². The lowest BCUT2D eigenvalue weighted by Gasteiger charge is -2.13. The van der Waals surface area contributed by atoms with Gasteiger partial charge in [-0.15, -0.1) is 11.3 Å². The summed E-state index contributed by atoms with van der Waals surface area (Å²) in [4.78, 5) is 29.3. The van der Waals surface area contributed by atoms with Crippen LogP contribution in [0.2, 0.25) is 0 Å². The Bertz CT molecular complexity index is 788. The van der Waals surface area contributed by atoms with E-state index in [-0.39, 0.29) is 23.1 Å². The largest absolute Gasteiger partial charge is 0.326 e. The standard InChI is InChI=1S/C19H25N3O2S/c1-11(2)16(23)21-13-8-7-12(3)14(9-13)22-17(24)15-10-20-18(25-15)19(4,5)6/h7-11H,1-6H3,(H,21,23)(H,22,24). The number of aromatic nitrogens is 1. The van der Waals surface area contributed by atoms with E-state index in [1.54, 1.807) is 12.3 Å². The minimum Gasteiger partial charge on any atom is -0.326 e. The third-order valence-electron chi connectivity index (χ3n) is 3.65. The highest BCUT2D eigenvalue weighted by Crippen LogP contribution is 2.28. The molecule has 0 saturated carbocycles. The maximum atomic E-state index is 12.5. The van der Waals surface area contributed by atoms with Crippen LogP contribution in [-0.4, -0.2) is 16.8 Å². The van der Waals surface area contributed by atoms with Gasteiger partial charge in [0.1, 0.15) is 4.88 Å². The molecular formula is C19H25N3O2S. The van der Waals surface area contributed by atoms with Crippen molar-refractivity contribution < 1.29 is 9.59 Å². The first kappa shape index (κ1) is 19.1. The number of hydrogen-bond acceptors (Lipinski definition) is 4. The van der Waals surface area contributed by atoms with Gasteiger partial charge in [0, 0.05) is 22.7 Å². The molecule has 1 aromatic carbocycles. The molecule has 0 radical (unpaired) electrons. The molecule has 1 heterocycles. The van der Waals surface area contributed by atoms with E-state index in [4.69, 9.17) is 0 Å². The predicted molar refractivity (Wildman–Crippen MR) is 103 cm³/mol. The van der Waals surface area contributed by atoms with Crippen LogP contribution in [0.5, 0.6) is 0 Å². The summed E-state index contributed by atoms with van der Waals surface area (Å²) in [5, 5.41) is 6.68. The van der Waals surface area contributed by atoms with Gasteiger partial charge in [-0.25, -0.2) is 4.98 Å². The van der Waals surface area contributed by atoms with Crippen molar-refractivity contribution in [1.82, 2.24) is 4.98 Å². The number of anilines is 2. The topological polar surface area (TPSA) is 71.1 Å². The molecule has 2 amide bonds. The summed E-state index contributed by atoms with van der Waals surface area (Å²) in [5.41, 5.74) is 2.19. The number of amides is 2. The van der Waals surface area contributed by atoms with Crippen molar-refractivity contribution in [3.05, 3.63) is 39.8 Å². The Morgan fingerprint density at radius 1 is 1.16 bits per heavy atom. The Kier molecular flexibility index (Phi) is 5.62. The van der Waals surface area contributed by atoms with Crippen LogP contribution in [0.25, 0.3) is 0 Å². The first-order valence-corrected chi connectivity index (χ1v) is 9.08. The van der Waals surface area contributed by atoms with Gasteiger partial charge < -0.3 is 10.6 Å². The van der Waals surface area contributed by atoms with Crippen LogP contribution < -0.4 is 10.6 Å². The number of rotatable bonds is 4. The highest BCUT2D eigenvalue weighted by atomic mass is 32.1. The highest BCUT2D eigenvalue weighted by Gasteiger charge is 2.20. The van der Waals surface area contributed by atoms with E-state index >= 15 is 0 Å². The SMILES string of the molecule is Cc1ccc(NC(=O)C(C)C)cc1NC(=O)c1cnc(C(C)(C)C)s1. The fourth-order valence-corrected chi connectivity index (χ4v) is 2.90. The van der Waals surface area contributed by atoms with Crippen LogP contribution >= 0.6 is 11.3 Å². The normalized spacial score (nSPS) is 11.5. The van der Waals surface area contributed by atoms with Crippen molar-refractivity contribution in [3.63, 3.8) is 0 Å². The highest BCUT2D eigenvalue weighted by molar-refractivity contribution is 7.13. The van der Waals surface area contributed by atoms with Gasteiger partial charge in [0.25, 0.3) is 5.91 Å². The first-order chi connectivity index (χ1) is 11.6. The number of carbonyl (C=O) groups is 2. The Balaban J connectivity index is 2.17. The average Bonchev–Trinajstić information content (AvgIpc) is 3.00. The summed E-state index contributed by atoms with van der Waals surface area (Å²) in [7, 11) is 0. The molecule has 6 heteroatoms. The van der Waals surface area contributed by atoms with Crippen LogP contribution in [0, 0.1) is 12.8 Å². The van der Waals surface area contributed by atoms with Gasteiger partial charge >= 0.3 is 0 Å². The smallest absolute Gasteiger partial charge is 0.267 e. The van der Waals surface area contributed by atoms with E-state index in [9.17, 15) is 9.59 Å². The lowest BCUT2D eigenvalue weighted by atomic mass is 9.98. The first-order valence-electron chi connectivity index (χ1n) is 8.27. The van der Waals surface area contributed by atoms with Crippen molar-refractivity contribution >= 4 is 34.5 Å². The van der Waals surface area contributed by atoms with Crippen molar-refractivity contribution in [1.29, 1.82) is 0 Å².